The van der Waals surface area contributed by atoms with Gasteiger partial charge in [0.25, 0.3) is 5.91 Å². The highest BCUT2D eigenvalue weighted by Crippen LogP contribution is 2.34. The van der Waals surface area contributed by atoms with Crippen molar-refractivity contribution in [2.24, 2.45) is 5.41 Å². The summed E-state index contributed by atoms with van der Waals surface area (Å²) in [5, 5.41) is 11.2. The molecule has 1 saturated heterocycles. The highest BCUT2D eigenvalue weighted by atomic mass is 32.1. The molecule has 0 aromatic carbocycles. The second-order valence-corrected chi connectivity index (χ2v) is 7.13. The summed E-state index contributed by atoms with van der Waals surface area (Å²) >= 11 is 3.10. The Morgan fingerprint density at radius 1 is 1.42 bits per heavy atom. The molecule has 3 heterocycles. The summed E-state index contributed by atoms with van der Waals surface area (Å²) in [6, 6.07) is 3.91. The van der Waals surface area contributed by atoms with Crippen LogP contribution in [0.2, 0.25) is 0 Å². The molecule has 100 valence electrons. The zero-order chi connectivity index (χ0) is 13.6. The van der Waals surface area contributed by atoms with Crippen molar-refractivity contribution in [1.82, 2.24) is 4.90 Å². The van der Waals surface area contributed by atoms with Gasteiger partial charge in [0.05, 0.1) is 10.3 Å². The van der Waals surface area contributed by atoms with Crippen LogP contribution in [-0.4, -0.2) is 35.0 Å². The molecule has 0 aliphatic carbocycles. The Bertz CT molecular complexity index is 631. The van der Waals surface area contributed by atoms with E-state index in [9.17, 15) is 14.7 Å². The fraction of sp³-hybridized carbons (Fsp3) is 0.385. The first kappa shape index (κ1) is 12.6. The third-order valence-electron chi connectivity index (χ3n) is 3.63. The van der Waals surface area contributed by atoms with Gasteiger partial charge in [-0.15, -0.1) is 22.7 Å². The predicted octanol–water partition coefficient (Wildman–Crippen LogP) is 2.90. The maximum Gasteiger partial charge on any atom is 0.311 e. The van der Waals surface area contributed by atoms with E-state index in [1.54, 1.807) is 23.2 Å². The van der Waals surface area contributed by atoms with E-state index in [0.29, 0.717) is 24.4 Å². The first-order valence-electron chi connectivity index (χ1n) is 5.99. The molecule has 1 amide bonds. The van der Waals surface area contributed by atoms with Crippen molar-refractivity contribution in [2.75, 3.05) is 13.1 Å². The summed E-state index contributed by atoms with van der Waals surface area (Å²) in [7, 11) is 0. The monoisotopic (exact) mass is 295 g/mol. The standard InChI is InChI=1S/C13H13NO3S2/c1-13(12(16)17)3-4-14(7-13)11(15)10-6-9-8(19-10)2-5-18-9/h2,5-6H,3-4,7H2,1H3,(H,16,17). The van der Waals surface area contributed by atoms with E-state index >= 15 is 0 Å². The van der Waals surface area contributed by atoms with Crippen LogP contribution in [0.3, 0.4) is 0 Å². The molecule has 6 heteroatoms. The molecule has 0 spiro atoms. The van der Waals surface area contributed by atoms with Gasteiger partial charge in [-0.25, -0.2) is 0 Å². The Kier molecular flexibility index (Phi) is 2.87. The fourth-order valence-corrected chi connectivity index (χ4v) is 4.41. The van der Waals surface area contributed by atoms with Gasteiger partial charge >= 0.3 is 5.97 Å². The molecule has 1 aliphatic rings. The number of nitrogens with zero attached hydrogens (tertiary/aromatic N) is 1. The Morgan fingerprint density at radius 3 is 2.84 bits per heavy atom. The zero-order valence-corrected chi connectivity index (χ0v) is 12.0. The van der Waals surface area contributed by atoms with Crippen LogP contribution in [0.15, 0.2) is 17.5 Å². The Hall–Kier alpha value is -1.40. The van der Waals surface area contributed by atoms with E-state index in [2.05, 4.69) is 0 Å². The normalized spacial score (nSPS) is 23.1. The average Bonchev–Trinajstić information content (AvgIpc) is 3.01. The van der Waals surface area contributed by atoms with Gasteiger partial charge < -0.3 is 10.0 Å². The number of carbonyl (C=O) groups is 2. The molecule has 2 aromatic rings. The predicted molar refractivity (Wildman–Crippen MR) is 76.0 cm³/mol. The first-order valence-corrected chi connectivity index (χ1v) is 7.69. The van der Waals surface area contributed by atoms with Crippen LogP contribution in [0.25, 0.3) is 9.40 Å². The maximum absolute atomic E-state index is 12.4. The van der Waals surface area contributed by atoms with E-state index in [1.807, 2.05) is 17.5 Å². The van der Waals surface area contributed by atoms with Crippen LogP contribution in [0, 0.1) is 5.41 Å². The summed E-state index contributed by atoms with van der Waals surface area (Å²) in [5.74, 6) is -0.867. The van der Waals surface area contributed by atoms with E-state index in [4.69, 9.17) is 0 Å². The number of hydrogen-bond donors (Lipinski definition) is 1. The van der Waals surface area contributed by atoms with Crippen LogP contribution in [0.1, 0.15) is 23.0 Å². The summed E-state index contributed by atoms with van der Waals surface area (Å²) in [4.78, 5) is 25.9. The van der Waals surface area contributed by atoms with Gasteiger partial charge in [0, 0.05) is 22.5 Å². The first-order chi connectivity index (χ1) is 8.99. The molecule has 1 N–H and O–H groups in total. The van der Waals surface area contributed by atoms with Crippen molar-refractivity contribution >= 4 is 43.9 Å². The van der Waals surface area contributed by atoms with Gasteiger partial charge in [0.2, 0.25) is 0 Å². The molecule has 1 aliphatic heterocycles. The van der Waals surface area contributed by atoms with Gasteiger partial charge in [-0.2, -0.15) is 0 Å². The molecule has 0 saturated carbocycles. The van der Waals surface area contributed by atoms with E-state index < -0.39 is 11.4 Å². The highest BCUT2D eigenvalue weighted by Gasteiger charge is 2.42. The number of hydrogen-bond acceptors (Lipinski definition) is 4. The number of aliphatic carboxylic acids is 1. The molecule has 1 fully saturated rings. The van der Waals surface area contributed by atoms with E-state index in [-0.39, 0.29) is 5.91 Å². The van der Waals surface area contributed by atoms with Gasteiger partial charge in [-0.1, -0.05) is 0 Å². The van der Waals surface area contributed by atoms with Gasteiger partial charge in [-0.05, 0) is 30.9 Å². The zero-order valence-electron chi connectivity index (χ0n) is 10.4. The number of carboxylic acids is 1. The van der Waals surface area contributed by atoms with Crippen molar-refractivity contribution in [3.05, 3.63) is 22.4 Å². The second kappa shape index (κ2) is 4.31. The number of amides is 1. The molecule has 0 radical (unpaired) electrons. The summed E-state index contributed by atoms with van der Waals surface area (Å²) in [6.07, 6.45) is 0.522. The lowest BCUT2D eigenvalue weighted by Gasteiger charge is -2.19. The third kappa shape index (κ3) is 2.04. The molecular formula is C13H13NO3S2. The van der Waals surface area contributed by atoms with Gasteiger partial charge in [0.1, 0.15) is 0 Å². The minimum atomic E-state index is -0.824. The Labute approximate surface area is 118 Å². The number of carbonyl (C=O) groups excluding carboxylic acids is 1. The molecule has 0 bridgehead atoms. The molecule has 3 rings (SSSR count). The number of carboxylic acid groups (broad SMARTS) is 1. The molecule has 4 nitrogen and oxygen atoms in total. The number of rotatable bonds is 2. The van der Waals surface area contributed by atoms with Crippen molar-refractivity contribution < 1.29 is 14.7 Å². The quantitative estimate of drug-likeness (QED) is 0.926. The van der Waals surface area contributed by atoms with Crippen molar-refractivity contribution in [1.29, 1.82) is 0 Å². The van der Waals surface area contributed by atoms with Crippen LogP contribution >= 0.6 is 22.7 Å². The fourth-order valence-electron chi connectivity index (χ4n) is 2.34. The SMILES string of the molecule is CC1(C(=O)O)CCN(C(=O)c2cc3sccc3s2)C1. The molecule has 1 atom stereocenters. The summed E-state index contributed by atoms with van der Waals surface area (Å²) in [6.45, 7) is 2.52. The van der Waals surface area contributed by atoms with Crippen LogP contribution in [-0.2, 0) is 4.79 Å². The van der Waals surface area contributed by atoms with E-state index in [1.165, 1.54) is 11.3 Å². The smallest absolute Gasteiger partial charge is 0.311 e. The number of fused-ring (bicyclic) bond motifs is 1. The number of thiophene rings is 2. The van der Waals surface area contributed by atoms with Crippen LogP contribution < -0.4 is 0 Å². The Balaban J connectivity index is 1.82. The minimum absolute atomic E-state index is 0.0432. The largest absolute Gasteiger partial charge is 0.481 e. The molecule has 2 aromatic heterocycles. The average molecular weight is 295 g/mol. The Morgan fingerprint density at radius 2 is 2.21 bits per heavy atom. The number of likely N-dealkylation sites (tertiary alicyclic amines) is 1. The van der Waals surface area contributed by atoms with Gasteiger partial charge in [0.15, 0.2) is 0 Å². The maximum atomic E-state index is 12.4. The van der Waals surface area contributed by atoms with Gasteiger partial charge in [-0.3, -0.25) is 9.59 Å². The lowest BCUT2D eigenvalue weighted by Crippen LogP contribution is -2.34. The lowest BCUT2D eigenvalue weighted by atomic mass is 9.90. The van der Waals surface area contributed by atoms with Crippen molar-refractivity contribution in [2.45, 2.75) is 13.3 Å². The lowest BCUT2D eigenvalue weighted by molar-refractivity contribution is -0.147. The minimum Gasteiger partial charge on any atom is -0.481 e. The highest BCUT2D eigenvalue weighted by molar-refractivity contribution is 7.27. The van der Waals surface area contributed by atoms with E-state index in [0.717, 1.165) is 9.40 Å². The van der Waals surface area contributed by atoms with Crippen molar-refractivity contribution in [3.8, 4) is 0 Å². The molecule has 19 heavy (non-hydrogen) atoms. The van der Waals surface area contributed by atoms with Crippen LogP contribution in [0.4, 0.5) is 0 Å². The van der Waals surface area contributed by atoms with Crippen molar-refractivity contribution in [3.63, 3.8) is 0 Å². The topological polar surface area (TPSA) is 57.6 Å². The third-order valence-corrected chi connectivity index (χ3v) is 5.71. The van der Waals surface area contributed by atoms with Crippen LogP contribution in [0.5, 0.6) is 0 Å². The summed E-state index contributed by atoms with van der Waals surface area (Å²) in [5.41, 5.74) is -0.801. The summed E-state index contributed by atoms with van der Waals surface area (Å²) < 4.78 is 2.24. The second-order valence-electron chi connectivity index (χ2n) is 5.10. The molecular weight excluding hydrogens is 282 g/mol. The molecule has 1 unspecified atom stereocenters.